The molecule has 2 aromatic carbocycles. The first-order chi connectivity index (χ1) is 13.0. The molecule has 0 radical (unpaired) electrons. The van der Waals surface area contributed by atoms with Gasteiger partial charge in [0.25, 0.3) is 5.91 Å². The fraction of sp³-hybridized carbons (Fsp3) is 0.200. The van der Waals surface area contributed by atoms with Crippen molar-refractivity contribution in [2.75, 3.05) is 6.54 Å². The number of hydrogen-bond donors (Lipinski definition) is 1. The fourth-order valence-electron chi connectivity index (χ4n) is 2.68. The van der Waals surface area contributed by atoms with Crippen LogP contribution in [0, 0.1) is 9.39 Å². The molecule has 140 valence electrons. The van der Waals surface area contributed by atoms with E-state index in [4.69, 9.17) is 4.74 Å². The van der Waals surface area contributed by atoms with Crippen LogP contribution in [-0.4, -0.2) is 23.4 Å². The predicted octanol–water partition coefficient (Wildman–Crippen LogP) is 4.31. The molecular weight excluding hydrogens is 462 g/mol. The minimum Gasteiger partial charge on any atom is -0.488 e. The number of benzene rings is 2. The fourth-order valence-corrected chi connectivity index (χ4v) is 3.37. The highest BCUT2D eigenvalue weighted by molar-refractivity contribution is 14.1. The number of ether oxygens (including phenoxy) is 1. The lowest BCUT2D eigenvalue weighted by molar-refractivity contribution is -0.122. The summed E-state index contributed by atoms with van der Waals surface area (Å²) >= 11 is 2.14. The Labute approximate surface area is 170 Å². The summed E-state index contributed by atoms with van der Waals surface area (Å²) in [7, 11) is 0. The number of nitrogens with zero attached hydrogens (tertiary/aromatic N) is 1. The van der Waals surface area contributed by atoms with Crippen LogP contribution in [0.4, 0.5) is 9.18 Å². The molecule has 0 unspecified atom stereocenters. The summed E-state index contributed by atoms with van der Waals surface area (Å²) in [4.78, 5) is 25.3. The molecule has 3 amide bonds. The zero-order valence-corrected chi connectivity index (χ0v) is 16.8. The van der Waals surface area contributed by atoms with Crippen LogP contribution in [0.25, 0.3) is 6.08 Å². The molecule has 0 bridgehead atoms. The van der Waals surface area contributed by atoms with Gasteiger partial charge in [0.2, 0.25) is 0 Å². The SMILES string of the molecule is CCCN1C(=O)N/C(=C/c2ccc(OCc3cccc(F)c3)c(I)c2)C1=O. The molecule has 0 spiro atoms. The molecule has 7 heteroatoms. The van der Waals surface area contributed by atoms with Gasteiger partial charge in [-0.05, 0) is 70.5 Å². The summed E-state index contributed by atoms with van der Waals surface area (Å²) in [6, 6.07) is 11.3. The third-order valence-electron chi connectivity index (χ3n) is 3.96. The molecule has 27 heavy (non-hydrogen) atoms. The molecule has 0 saturated carbocycles. The van der Waals surface area contributed by atoms with Crippen molar-refractivity contribution in [1.82, 2.24) is 10.2 Å². The highest BCUT2D eigenvalue weighted by Crippen LogP contribution is 2.25. The van der Waals surface area contributed by atoms with E-state index in [9.17, 15) is 14.0 Å². The summed E-state index contributed by atoms with van der Waals surface area (Å²) in [6.45, 7) is 2.56. The van der Waals surface area contributed by atoms with Gasteiger partial charge in [0.15, 0.2) is 0 Å². The van der Waals surface area contributed by atoms with Crippen molar-refractivity contribution in [3.05, 3.63) is 68.7 Å². The Morgan fingerprint density at radius 3 is 2.74 bits per heavy atom. The molecule has 1 aliphatic heterocycles. The summed E-state index contributed by atoms with van der Waals surface area (Å²) < 4.78 is 19.8. The topological polar surface area (TPSA) is 58.6 Å². The van der Waals surface area contributed by atoms with E-state index in [0.717, 1.165) is 14.7 Å². The Morgan fingerprint density at radius 2 is 2.04 bits per heavy atom. The van der Waals surface area contributed by atoms with Crippen LogP contribution in [-0.2, 0) is 11.4 Å². The molecule has 1 aliphatic rings. The van der Waals surface area contributed by atoms with E-state index in [-0.39, 0.29) is 24.0 Å². The Hall–Kier alpha value is -2.42. The third kappa shape index (κ3) is 4.65. The van der Waals surface area contributed by atoms with Crippen molar-refractivity contribution >= 4 is 40.6 Å². The molecular formula is C20H18FIN2O3. The van der Waals surface area contributed by atoms with Gasteiger partial charge < -0.3 is 10.1 Å². The largest absolute Gasteiger partial charge is 0.488 e. The van der Waals surface area contributed by atoms with Crippen LogP contribution in [0.5, 0.6) is 5.75 Å². The first-order valence-electron chi connectivity index (χ1n) is 8.49. The van der Waals surface area contributed by atoms with Crippen molar-refractivity contribution in [3.8, 4) is 5.75 Å². The first kappa shape index (κ1) is 19.3. The van der Waals surface area contributed by atoms with E-state index in [0.29, 0.717) is 18.7 Å². The van der Waals surface area contributed by atoms with Crippen LogP contribution in [0.15, 0.2) is 48.2 Å². The molecule has 1 heterocycles. The molecule has 2 aromatic rings. The van der Waals surface area contributed by atoms with E-state index >= 15 is 0 Å². The number of rotatable bonds is 6. The predicted molar refractivity (Wildman–Crippen MR) is 108 cm³/mol. The maximum absolute atomic E-state index is 13.2. The van der Waals surface area contributed by atoms with Crippen molar-refractivity contribution < 1.29 is 18.7 Å². The van der Waals surface area contributed by atoms with E-state index in [1.807, 2.05) is 13.0 Å². The number of imide groups is 1. The van der Waals surface area contributed by atoms with Gasteiger partial charge >= 0.3 is 6.03 Å². The Morgan fingerprint density at radius 1 is 1.22 bits per heavy atom. The summed E-state index contributed by atoms with van der Waals surface area (Å²) in [5.41, 5.74) is 1.78. The van der Waals surface area contributed by atoms with E-state index in [2.05, 4.69) is 27.9 Å². The average Bonchev–Trinajstić information content (AvgIpc) is 2.89. The Balaban J connectivity index is 1.71. The maximum atomic E-state index is 13.2. The first-order valence-corrected chi connectivity index (χ1v) is 9.57. The van der Waals surface area contributed by atoms with Crippen molar-refractivity contribution in [2.45, 2.75) is 20.0 Å². The van der Waals surface area contributed by atoms with Gasteiger partial charge in [-0.2, -0.15) is 0 Å². The third-order valence-corrected chi connectivity index (χ3v) is 4.80. The second kappa shape index (κ2) is 8.51. The maximum Gasteiger partial charge on any atom is 0.329 e. The van der Waals surface area contributed by atoms with Crippen LogP contribution in [0.1, 0.15) is 24.5 Å². The number of halogens is 2. The minimum absolute atomic E-state index is 0.259. The molecule has 0 atom stereocenters. The zero-order valence-electron chi connectivity index (χ0n) is 14.7. The van der Waals surface area contributed by atoms with Crippen molar-refractivity contribution in [3.63, 3.8) is 0 Å². The highest BCUT2D eigenvalue weighted by atomic mass is 127. The van der Waals surface area contributed by atoms with Gasteiger partial charge in [-0.25, -0.2) is 9.18 Å². The molecule has 5 nitrogen and oxygen atoms in total. The number of carbonyl (C=O) groups excluding carboxylic acids is 2. The van der Waals surface area contributed by atoms with Crippen LogP contribution < -0.4 is 10.1 Å². The number of hydrogen-bond acceptors (Lipinski definition) is 3. The minimum atomic E-state index is -0.391. The highest BCUT2D eigenvalue weighted by Gasteiger charge is 2.32. The van der Waals surface area contributed by atoms with Crippen LogP contribution in [0.3, 0.4) is 0 Å². The quantitative estimate of drug-likeness (QED) is 0.381. The second-order valence-electron chi connectivity index (χ2n) is 6.05. The normalized spacial score (nSPS) is 15.4. The number of amides is 3. The Kier molecular flexibility index (Phi) is 6.10. The second-order valence-corrected chi connectivity index (χ2v) is 7.22. The molecule has 0 aliphatic carbocycles. The summed E-state index contributed by atoms with van der Waals surface area (Å²) in [5, 5.41) is 2.60. The monoisotopic (exact) mass is 480 g/mol. The van der Waals surface area contributed by atoms with Gasteiger partial charge in [-0.3, -0.25) is 9.69 Å². The van der Waals surface area contributed by atoms with Gasteiger partial charge in [-0.1, -0.05) is 25.1 Å². The van der Waals surface area contributed by atoms with Gasteiger partial charge in [0, 0.05) is 6.54 Å². The van der Waals surface area contributed by atoms with Crippen molar-refractivity contribution in [2.24, 2.45) is 0 Å². The van der Waals surface area contributed by atoms with E-state index < -0.39 is 6.03 Å². The molecule has 0 aromatic heterocycles. The van der Waals surface area contributed by atoms with Gasteiger partial charge in [-0.15, -0.1) is 0 Å². The number of urea groups is 1. The van der Waals surface area contributed by atoms with Gasteiger partial charge in [0.05, 0.1) is 3.57 Å². The Bertz CT molecular complexity index is 914. The van der Waals surface area contributed by atoms with Crippen LogP contribution in [0.2, 0.25) is 0 Å². The molecule has 1 N–H and O–H groups in total. The standard InChI is InChI=1S/C20H18FIN2O3/c1-2-8-24-19(25)17(23-20(24)26)11-13-6-7-18(16(22)10-13)27-12-14-4-3-5-15(21)9-14/h3-7,9-11H,2,8,12H2,1H3,(H,23,26)/b17-11+. The number of nitrogens with one attached hydrogen (secondary N) is 1. The zero-order chi connectivity index (χ0) is 19.4. The summed E-state index contributed by atoms with van der Waals surface area (Å²) in [5.74, 6) is 0.0489. The van der Waals surface area contributed by atoms with E-state index in [1.165, 1.54) is 17.0 Å². The smallest absolute Gasteiger partial charge is 0.329 e. The molecule has 1 saturated heterocycles. The lowest BCUT2D eigenvalue weighted by Gasteiger charge is -2.09. The van der Waals surface area contributed by atoms with Crippen molar-refractivity contribution in [1.29, 1.82) is 0 Å². The molecule has 3 rings (SSSR count). The summed E-state index contributed by atoms with van der Waals surface area (Å²) in [6.07, 6.45) is 2.36. The molecule has 1 fully saturated rings. The van der Waals surface area contributed by atoms with E-state index in [1.54, 1.807) is 30.3 Å². The number of carbonyl (C=O) groups is 2. The lowest BCUT2D eigenvalue weighted by atomic mass is 10.2. The van der Waals surface area contributed by atoms with Gasteiger partial charge in [0.1, 0.15) is 23.9 Å². The lowest BCUT2D eigenvalue weighted by Crippen LogP contribution is -2.31. The van der Waals surface area contributed by atoms with Crippen LogP contribution >= 0.6 is 22.6 Å². The average molecular weight is 480 g/mol.